The number of aryl methyl sites for hydroxylation is 1. The zero-order chi connectivity index (χ0) is 18.4. The van der Waals surface area contributed by atoms with E-state index in [1.54, 1.807) is 18.4 Å². The standard InChI is InChI=1S/C19H24N4O3/c1-15-5-2-3-7-17(15)23-10-8-22(9-11-23)14-18(24)21-19(25)20-13-16-6-4-12-26-16/h2-7,12H,8-11,13-14H2,1H3,(H2,20,21,24,25)/p+1. The number of carbonyl (C=O) groups excluding carboxylic acids is 2. The largest absolute Gasteiger partial charge is 0.467 e. The molecule has 3 amide bonds. The Hall–Kier alpha value is -2.80. The second kappa shape index (κ2) is 8.53. The number of hydrogen-bond donors (Lipinski definition) is 3. The summed E-state index contributed by atoms with van der Waals surface area (Å²) in [5, 5.41) is 4.98. The number of carbonyl (C=O) groups is 2. The Morgan fingerprint density at radius 3 is 2.62 bits per heavy atom. The van der Waals surface area contributed by atoms with Gasteiger partial charge in [0, 0.05) is 5.69 Å². The van der Waals surface area contributed by atoms with Gasteiger partial charge in [-0.1, -0.05) is 18.2 Å². The molecule has 138 valence electrons. The van der Waals surface area contributed by atoms with Gasteiger partial charge >= 0.3 is 6.03 Å². The van der Waals surface area contributed by atoms with Gasteiger partial charge in [-0.15, -0.1) is 0 Å². The Kier molecular flexibility index (Phi) is 5.91. The lowest BCUT2D eigenvalue weighted by molar-refractivity contribution is -0.892. The number of para-hydroxylation sites is 1. The van der Waals surface area contributed by atoms with Crippen LogP contribution in [0.15, 0.2) is 47.1 Å². The van der Waals surface area contributed by atoms with Gasteiger partial charge in [0.2, 0.25) is 0 Å². The number of rotatable bonds is 5. The van der Waals surface area contributed by atoms with E-state index in [0.717, 1.165) is 26.2 Å². The number of piperazine rings is 1. The highest BCUT2D eigenvalue weighted by Crippen LogP contribution is 2.18. The normalized spacial score (nSPS) is 14.9. The molecule has 0 atom stereocenters. The van der Waals surface area contributed by atoms with Gasteiger partial charge in [0.05, 0.1) is 39.0 Å². The number of nitrogens with one attached hydrogen (secondary N) is 3. The molecule has 3 N–H and O–H groups in total. The zero-order valence-electron chi connectivity index (χ0n) is 15.0. The lowest BCUT2D eigenvalue weighted by Gasteiger charge is -2.34. The third-order valence-electron chi connectivity index (χ3n) is 4.59. The number of hydrogen-bond acceptors (Lipinski definition) is 4. The molecule has 0 spiro atoms. The maximum Gasteiger partial charge on any atom is 0.321 e. The molecule has 1 aromatic carbocycles. The minimum atomic E-state index is -0.496. The number of furan rings is 1. The van der Waals surface area contributed by atoms with Crippen molar-refractivity contribution in [1.82, 2.24) is 10.6 Å². The molecule has 0 unspecified atom stereocenters. The van der Waals surface area contributed by atoms with Crippen molar-refractivity contribution in [2.75, 3.05) is 37.6 Å². The molecule has 1 aliphatic heterocycles. The van der Waals surface area contributed by atoms with Crippen molar-refractivity contribution < 1.29 is 18.9 Å². The zero-order valence-corrected chi connectivity index (χ0v) is 15.0. The van der Waals surface area contributed by atoms with Gasteiger partial charge in [-0.2, -0.15) is 0 Å². The van der Waals surface area contributed by atoms with Crippen LogP contribution >= 0.6 is 0 Å². The number of urea groups is 1. The summed E-state index contributed by atoms with van der Waals surface area (Å²) >= 11 is 0. The molecule has 1 fully saturated rings. The fraction of sp³-hybridized carbons (Fsp3) is 0.368. The van der Waals surface area contributed by atoms with Crippen LogP contribution in [0.5, 0.6) is 0 Å². The van der Waals surface area contributed by atoms with Crippen molar-refractivity contribution in [3.8, 4) is 0 Å². The van der Waals surface area contributed by atoms with Crippen LogP contribution < -0.4 is 20.4 Å². The first-order valence-electron chi connectivity index (χ1n) is 8.86. The van der Waals surface area contributed by atoms with Crippen molar-refractivity contribution >= 4 is 17.6 Å². The average molecular weight is 357 g/mol. The van der Waals surface area contributed by atoms with Gasteiger partial charge < -0.3 is 19.5 Å². The van der Waals surface area contributed by atoms with Crippen LogP contribution in [0.1, 0.15) is 11.3 Å². The lowest BCUT2D eigenvalue weighted by Crippen LogP contribution is -3.16. The average Bonchev–Trinajstić information content (AvgIpc) is 3.15. The molecule has 2 heterocycles. The highest BCUT2D eigenvalue weighted by molar-refractivity contribution is 5.94. The summed E-state index contributed by atoms with van der Waals surface area (Å²) in [5.74, 6) is 0.381. The predicted octanol–water partition coefficient (Wildman–Crippen LogP) is 0.319. The Morgan fingerprint density at radius 1 is 1.15 bits per heavy atom. The minimum Gasteiger partial charge on any atom is -0.467 e. The van der Waals surface area contributed by atoms with E-state index in [1.165, 1.54) is 16.2 Å². The second-order valence-corrected chi connectivity index (χ2v) is 6.51. The first kappa shape index (κ1) is 18.0. The number of anilines is 1. The maximum absolute atomic E-state index is 12.1. The number of benzene rings is 1. The van der Waals surface area contributed by atoms with E-state index in [-0.39, 0.29) is 12.5 Å². The van der Waals surface area contributed by atoms with E-state index >= 15 is 0 Å². The molecule has 1 aliphatic rings. The third-order valence-corrected chi connectivity index (χ3v) is 4.59. The van der Waals surface area contributed by atoms with Gasteiger partial charge in [-0.05, 0) is 30.7 Å². The summed E-state index contributed by atoms with van der Waals surface area (Å²) < 4.78 is 5.13. The summed E-state index contributed by atoms with van der Waals surface area (Å²) in [6.07, 6.45) is 1.54. The fourth-order valence-electron chi connectivity index (χ4n) is 3.18. The van der Waals surface area contributed by atoms with E-state index in [1.807, 2.05) is 6.07 Å². The lowest BCUT2D eigenvalue weighted by atomic mass is 10.1. The highest BCUT2D eigenvalue weighted by Gasteiger charge is 2.23. The Bertz CT molecular complexity index is 737. The summed E-state index contributed by atoms with van der Waals surface area (Å²) in [7, 11) is 0. The van der Waals surface area contributed by atoms with Crippen LogP contribution in [0.25, 0.3) is 0 Å². The molecule has 3 rings (SSSR count). The number of amides is 3. The number of nitrogens with zero attached hydrogens (tertiary/aromatic N) is 1. The SMILES string of the molecule is Cc1ccccc1N1CC[NH+](CC(=O)NC(=O)NCc2ccco2)CC1. The third kappa shape index (κ3) is 4.86. The van der Waals surface area contributed by atoms with Crippen LogP contribution in [0.3, 0.4) is 0 Å². The molecular weight excluding hydrogens is 332 g/mol. The molecule has 7 heteroatoms. The first-order valence-corrected chi connectivity index (χ1v) is 8.86. The molecule has 7 nitrogen and oxygen atoms in total. The topological polar surface area (TPSA) is 79.0 Å². The smallest absolute Gasteiger partial charge is 0.321 e. The van der Waals surface area contributed by atoms with Crippen molar-refractivity contribution in [2.45, 2.75) is 13.5 Å². The Labute approximate surface area is 153 Å². The quantitative estimate of drug-likeness (QED) is 0.720. The molecule has 26 heavy (non-hydrogen) atoms. The number of imide groups is 1. The fourth-order valence-corrected chi connectivity index (χ4v) is 3.18. The van der Waals surface area contributed by atoms with Gasteiger partial charge in [0.1, 0.15) is 5.76 Å². The van der Waals surface area contributed by atoms with Crippen LogP contribution in [0, 0.1) is 6.92 Å². The van der Waals surface area contributed by atoms with E-state index in [4.69, 9.17) is 4.42 Å². The van der Waals surface area contributed by atoms with E-state index < -0.39 is 6.03 Å². The van der Waals surface area contributed by atoms with Crippen LogP contribution in [0.4, 0.5) is 10.5 Å². The Balaban J connectivity index is 1.39. The minimum absolute atomic E-state index is 0.258. The second-order valence-electron chi connectivity index (χ2n) is 6.51. The van der Waals surface area contributed by atoms with Gasteiger partial charge in [0.25, 0.3) is 5.91 Å². The summed E-state index contributed by atoms with van der Waals surface area (Å²) in [4.78, 5) is 27.4. The Morgan fingerprint density at radius 2 is 1.92 bits per heavy atom. The van der Waals surface area contributed by atoms with Crippen molar-refractivity contribution in [3.63, 3.8) is 0 Å². The van der Waals surface area contributed by atoms with E-state index in [2.05, 4.69) is 40.7 Å². The molecule has 0 aliphatic carbocycles. The van der Waals surface area contributed by atoms with Crippen LogP contribution in [-0.4, -0.2) is 44.7 Å². The van der Waals surface area contributed by atoms with Gasteiger partial charge in [0.15, 0.2) is 6.54 Å². The summed E-state index contributed by atoms with van der Waals surface area (Å²) in [6, 6.07) is 11.4. The van der Waals surface area contributed by atoms with Crippen molar-refractivity contribution in [2.24, 2.45) is 0 Å². The maximum atomic E-state index is 12.1. The van der Waals surface area contributed by atoms with Gasteiger partial charge in [-0.3, -0.25) is 10.1 Å². The first-order chi connectivity index (χ1) is 12.6. The van der Waals surface area contributed by atoms with E-state index in [9.17, 15) is 9.59 Å². The molecule has 0 saturated carbocycles. The summed E-state index contributed by atoms with van der Waals surface area (Å²) in [5.41, 5.74) is 2.52. The number of quaternary nitrogens is 1. The molecule has 1 saturated heterocycles. The van der Waals surface area contributed by atoms with E-state index in [0.29, 0.717) is 12.3 Å². The summed E-state index contributed by atoms with van der Waals surface area (Å²) in [6.45, 7) is 6.22. The monoisotopic (exact) mass is 357 g/mol. The molecule has 0 radical (unpaired) electrons. The highest BCUT2D eigenvalue weighted by atomic mass is 16.3. The van der Waals surface area contributed by atoms with Crippen LogP contribution in [0.2, 0.25) is 0 Å². The van der Waals surface area contributed by atoms with Crippen molar-refractivity contribution in [1.29, 1.82) is 0 Å². The van der Waals surface area contributed by atoms with Crippen molar-refractivity contribution in [3.05, 3.63) is 54.0 Å². The molecule has 0 bridgehead atoms. The molecular formula is C19H25N4O3+. The predicted molar refractivity (Wildman–Crippen MR) is 98.0 cm³/mol. The molecule has 2 aromatic rings. The molecule has 1 aromatic heterocycles. The van der Waals surface area contributed by atoms with Gasteiger partial charge in [-0.25, -0.2) is 4.79 Å². The van der Waals surface area contributed by atoms with Crippen LogP contribution in [-0.2, 0) is 11.3 Å².